The van der Waals surface area contributed by atoms with Gasteiger partial charge < -0.3 is 4.57 Å². The molecule has 2 aliphatic heterocycles. The highest BCUT2D eigenvalue weighted by atomic mass is 32.2. The van der Waals surface area contributed by atoms with E-state index in [1.165, 1.54) is 6.20 Å². The van der Waals surface area contributed by atoms with Gasteiger partial charge in [-0.3, -0.25) is 14.6 Å². The second kappa shape index (κ2) is 7.00. The number of hydrogen-bond acceptors (Lipinski definition) is 6. The fourth-order valence-corrected chi connectivity index (χ4v) is 6.15. The molecule has 5 heterocycles. The van der Waals surface area contributed by atoms with Crippen LogP contribution in [-0.4, -0.2) is 68.6 Å². The third kappa shape index (κ3) is 2.90. The Morgan fingerprint density at radius 1 is 1.03 bits per heavy atom. The van der Waals surface area contributed by atoms with Crippen LogP contribution in [0, 0.1) is 0 Å². The van der Waals surface area contributed by atoms with Gasteiger partial charge >= 0.3 is 0 Å². The Balaban J connectivity index is 1.45. The summed E-state index contributed by atoms with van der Waals surface area (Å²) in [6.07, 6.45) is 10.2. The van der Waals surface area contributed by atoms with Gasteiger partial charge in [-0.2, -0.15) is 9.40 Å². The maximum absolute atomic E-state index is 13.0. The Morgan fingerprint density at radius 3 is 2.50 bits per heavy atom. The molecule has 0 saturated carbocycles. The lowest BCUT2D eigenvalue weighted by atomic mass is 9.84. The highest BCUT2D eigenvalue weighted by Crippen LogP contribution is 2.42. The molecule has 0 radical (unpaired) electrons. The van der Waals surface area contributed by atoms with E-state index in [0.717, 1.165) is 30.2 Å². The molecule has 2 aliphatic rings. The topological polar surface area (TPSA) is 89.2 Å². The van der Waals surface area contributed by atoms with Crippen LogP contribution in [0.3, 0.4) is 0 Å². The lowest BCUT2D eigenvalue weighted by molar-refractivity contribution is 0.0274. The maximum atomic E-state index is 13.0. The number of aryl methyl sites for hydroxylation is 1. The number of hydrogen-bond donors (Lipinski definition) is 0. The normalized spacial score (nSPS) is 19.8. The summed E-state index contributed by atoms with van der Waals surface area (Å²) in [5.74, 6) is 1.02. The van der Waals surface area contributed by atoms with Crippen molar-refractivity contribution in [2.24, 2.45) is 7.05 Å². The molecule has 0 aromatic carbocycles. The molecule has 0 bridgehead atoms. The molecule has 3 aromatic heterocycles. The van der Waals surface area contributed by atoms with Crippen LogP contribution in [0.25, 0.3) is 11.3 Å². The van der Waals surface area contributed by atoms with E-state index in [4.69, 9.17) is 4.98 Å². The van der Waals surface area contributed by atoms with Crippen LogP contribution >= 0.6 is 0 Å². The third-order valence-electron chi connectivity index (χ3n) is 6.48. The predicted octanol–water partition coefficient (Wildman–Crippen LogP) is 1.30. The molecule has 0 aliphatic carbocycles. The third-order valence-corrected chi connectivity index (χ3v) is 8.37. The number of fused-ring (bicyclic) bond motifs is 2. The van der Waals surface area contributed by atoms with Gasteiger partial charge in [0.25, 0.3) is 0 Å². The Bertz CT molecular complexity index is 1160. The molecule has 1 saturated heterocycles. The van der Waals surface area contributed by atoms with E-state index in [9.17, 15) is 8.42 Å². The maximum Gasteiger partial charge on any atom is 0.244 e. The number of aromatic nitrogens is 5. The molecule has 10 heteroatoms. The van der Waals surface area contributed by atoms with Gasteiger partial charge in [0.2, 0.25) is 10.0 Å². The van der Waals surface area contributed by atoms with E-state index in [-0.39, 0.29) is 10.4 Å². The van der Waals surface area contributed by atoms with E-state index in [1.54, 1.807) is 27.3 Å². The molecule has 158 valence electrons. The number of pyridine rings is 1. The Morgan fingerprint density at radius 2 is 1.83 bits per heavy atom. The minimum atomic E-state index is -3.53. The van der Waals surface area contributed by atoms with Crippen molar-refractivity contribution in [2.45, 2.75) is 29.8 Å². The summed E-state index contributed by atoms with van der Waals surface area (Å²) in [6, 6.07) is 3.26. The van der Waals surface area contributed by atoms with Crippen molar-refractivity contribution < 1.29 is 8.42 Å². The summed E-state index contributed by atoms with van der Waals surface area (Å²) in [7, 11) is 0.493. The van der Waals surface area contributed by atoms with Gasteiger partial charge in [0, 0.05) is 57.4 Å². The first-order chi connectivity index (χ1) is 14.4. The van der Waals surface area contributed by atoms with Crippen molar-refractivity contribution in [1.29, 1.82) is 0 Å². The van der Waals surface area contributed by atoms with Gasteiger partial charge in [0.1, 0.15) is 10.7 Å². The Kier molecular flexibility index (Phi) is 4.53. The largest absolute Gasteiger partial charge is 0.325 e. The number of sulfonamides is 1. The molecule has 1 spiro atoms. The predicted molar refractivity (Wildman–Crippen MR) is 111 cm³/mol. The van der Waals surface area contributed by atoms with Crippen LogP contribution in [0.4, 0.5) is 0 Å². The average molecular weight is 428 g/mol. The fourth-order valence-electron chi connectivity index (χ4n) is 4.74. The molecule has 5 rings (SSSR count). The minimum absolute atomic E-state index is 0.248. The van der Waals surface area contributed by atoms with Gasteiger partial charge in [0.05, 0.1) is 23.6 Å². The molecule has 1 fully saturated rings. The molecule has 3 aromatic rings. The second-order valence-electron chi connectivity index (χ2n) is 8.07. The van der Waals surface area contributed by atoms with Gasteiger partial charge in [-0.05, 0) is 32.0 Å². The molecule has 9 nitrogen and oxygen atoms in total. The van der Waals surface area contributed by atoms with Crippen LogP contribution in [-0.2, 0) is 29.2 Å². The number of piperidine rings is 1. The van der Waals surface area contributed by atoms with Crippen molar-refractivity contribution >= 4 is 10.0 Å². The van der Waals surface area contributed by atoms with Gasteiger partial charge in [0.15, 0.2) is 0 Å². The highest BCUT2D eigenvalue weighted by molar-refractivity contribution is 7.89. The van der Waals surface area contributed by atoms with Crippen LogP contribution in [0.15, 0.2) is 48.0 Å². The fraction of sp³-hybridized carbons (Fsp3) is 0.450. The lowest BCUT2D eigenvalue weighted by Crippen LogP contribution is -2.57. The van der Waals surface area contributed by atoms with E-state index < -0.39 is 10.0 Å². The van der Waals surface area contributed by atoms with Crippen LogP contribution in [0.5, 0.6) is 0 Å². The smallest absolute Gasteiger partial charge is 0.244 e. The van der Waals surface area contributed by atoms with E-state index >= 15 is 0 Å². The Hall–Kier alpha value is -2.56. The second-order valence-corrected chi connectivity index (χ2v) is 10.0. The zero-order valence-corrected chi connectivity index (χ0v) is 18.0. The van der Waals surface area contributed by atoms with Crippen molar-refractivity contribution in [1.82, 2.24) is 33.5 Å². The molecule has 0 N–H and O–H groups in total. The van der Waals surface area contributed by atoms with E-state index in [0.29, 0.717) is 25.9 Å². The zero-order chi connectivity index (χ0) is 20.9. The van der Waals surface area contributed by atoms with E-state index in [2.05, 4.69) is 26.6 Å². The number of likely N-dealkylation sites (N-methyl/N-ethyl adjacent to an activating group) is 1. The van der Waals surface area contributed by atoms with Crippen molar-refractivity contribution in [3.63, 3.8) is 0 Å². The van der Waals surface area contributed by atoms with Gasteiger partial charge in [-0.15, -0.1) is 0 Å². The standard InChI is InChI=1S/C20H25N7O2S/c1-24-10-11-27-18(16-12-23-25(2)15-16)14-22-19(27)20(24)5-8-26(9-6-20)30(28,29)17-4-3-7-21-13-17/h3-4,7,12-15H,5-6,8-11H2,1-2H3. The summed E-state index contributed by atoms with van der Waals surface area (Å²) in [6.45, 7) is 2.66. The van der Waals surface area contributed by atoms with E-state index in [1.807, 2.05) is 25.6 Å². The average Bonchev–Trinajstić information content (AvgIpc) is 3.38. The summed E-state index contributed by atoms with van der Waals surface area (Å²) in [5.41, 5.74) is 1.85. The van der Waals surface area contributed by atoms with Crippen LogP contribution < -0.4 is 0 Å². The lowest BCUT2D eigenvalue weighted by Gasteiger charge is -2.49. The first-order valence-corrected chi connectivity index (χ1v) is 11.5. The SMILES string of the molecule is CN1CCn2c(-c3cnn(C)c3)cnc2C12CCN(S(=O)(=O)c1cccnc1)CC2. The minimum Gasteiger partial charge on any atom is -0.325 e. The Labute approximate surface area is 176 Å². The molecular weight excluding hydrogens is 402 g/mol. The van der Waals surface area contributed by atoms with Crippen LogP contribution in [0.1, 0.15) is 18.7 Å². The summed E-state index contributed by atoms with van der Waals surface area (Å²) in [4.78, 5) is 11.4. The molecule has 0 atom stereocenters. The number of rotatable bonds is 3. The molecule has 30 heavy (non-hydrogen) atoms. The number of imidazole rings is 1. The quantitative estimate of drug-likeness (QED) is 0.626. The molecule has 0 amide bonds. The zero-order valence-electron chi connectivity index (χ0n) is 17.1. The van der Waals surface area contributed by atoms with Gasteiger partial charge in [-0.25, -0.2) is 13.4 Å². The molecule has 0 unspecified atom stereocenters. The first kappa shape index (κ1) is 19.4. The van der Waals surface area contributed by atoms with Crippen molar-refractivity contribution in [2.75, 3.05) is 26.7 Å². The summed E-state index contributed by atoms with van der Waals surface area (Å²) in [5, 5.41) is 4.29. The van der Waals surface area contributed by atoms with Crippen molar-refractivity contribution in [3.05, 3.63) is 48.9 Å². The van der Waals surface area contributed by atoms with Crippen LogP contribution in [0.2, 0.25) is 0 Å². The van der Waals surface area contributed by atoms with Crippen molar-refractivity contribution in [3.8, 4) is 11.3 Å². The highest BCUT2D eigenvalue weighted by Gasteiger charge is 2.47. The summed E-state index contributed by atoms with van der Waals surface area (Å²) >= 11 is 0. The first-order valence-electron chi connectivity index (χ1n) is 10.1. The molecular formula is C20H25N7O2S. The number of nitrogens with zero attached hydrogens (tertiary/aromatic N) is 7. The monoisotopic (exact) mass is 427 g/mol. The van der Waals surface area contributed by atoms with Gasteiger partial charge in [-0.1, -0.05) is 0 Å². The summed E-state index contributed by atoms with van der Waals surface area (Å²) < 4.78 is 31.7.